The molecule has 5 atom stereocenters. The summed E-state index contributed by atoms with van der Waals surface area (Å²) in [7, 11) is 0. The van der Waals surface area contributed by atoms with Crippen molar-refractivity contribution < 1.29 is 39.1 Å². The lowest BCUT2D eigenvalue weighted by molar-refractivity contribution is -0.290. The highest BCUT2D eigenvalue weighted by atomic mass is 16.7. The molecular weight excluding hydrogens is 632 g/mol. The van der Waals surface area contributed by atoms with Gasteiger partial charge < -0.3 is 29.5 Å². The molecule has 0 bridgehead atoms. The average molecular weight is 713 g/mol. The molecule has 1 saturated heterocycles. The first-order valence-electron chi connectivity index (χ1n) is 21.4. The molecular formula is C42H80O8. The summed E-state index contributed by atoms with van der Waals surface area (Å²) in [5.41, 5.74) is 0. The van der Waals surface area contributed by atoms with Crippen LogP contribution >= 0.6 is 0 Å². The summed E-state index contributed by atoms with van der Waals surface area (Å²) in [6.45, 7) is 4.25. The Hall–Kier alpha value is -1.22. The summed E-state index contributed by atoms with van der Waals surface area (Å²) in [5, 5.41) is 30.7. The first-order chi connectivity index (χ1) is 24.4. The molecule has 0 spiro atoms. The van der Waals surface area contributed by atoms with Gasteiger partial charge in [0, 0.05) is 12.8 Å². The van der Waals surface area contributed by atoms with Crippen LogP contribution < -0.4 is 0 Å². The first-order valence-corrected chi connectivity index (χ1v) is 21.4. The van der Waals surface area contributed by atoms with Gasteiger partial charge in [-0.2, -0.15) is 0 Å². The highest BCUT2D eigenvalue weighted by molar-refractivity contribution is 5.70. The van der Waals surface area contributed by atoms with Crippen LogP contribution in [0.5, 0.6) is 0 Å². The summed E-state index contributed by atoms with van der Waals surface area (Å²) >= 11 is 0. The maximum Gasteiger partial charge on any atom is 0.306 e. The van der Waals surface area contributed by atoms with E-state index in [9.17, 15) is 24.9 Å². The predicted molar refractivity (Wildman–Crippen MR) is 203 cm³/mol. The van der Waals surface area contributed by atoms with E-state index in [1.165, 1.54) is 148 Å². The summed E-state index contributed by atoms with van der Waals surface area (Å²) in [4.78, 5) is 25.0. The van der Waals surface area contributed by atoms with Gasteiger partial charge in [0.05, 0.1) is 0 Å². The number of ether oxygens (including phenoxy) is 3. The van der Waals surface area contributed by atoms with E-state index in [4.69, 9.17) is 14.2 Å². The van der Waals surface area contributed by atoms with Crippen molar-refractivity contribution in [3.05, 3.63) is 0 Å². The fraction of sp³-hybridized carbons (Fsp3) is 0.952. The number of aliphatic hydroxyl groups is 3. The van der Waals surface area contributed by atoms with E-state index in [-0.39, 0.29) is 25.4 Å². The van der Waals surface area contributed by atoms with E-state index < -0.39 is 36.7 Å². The second-order valence-electron chi connectivity index (χ2n) is 15.1. The zero-order valence-electron chi connectivity index (χ0n) is 32.6. The Kier molecular flexibility index (Phi) is 31.5. The van der Waals surface area contributed by atoms with Crippen LogP contribution in [0.4, 0.5) is 0 Å². The molecule has 3 N–H and O–H groups in total. The second-order valence-corrected chi connectivity index (χ2v) is 15.1. The molecule has 1 rings (SSSR count). The zero-order valence-corrected chi connectivity index (χ0v) is 32.6. The molecule has 0 unspecified atom stereocenters. The van der Waals surface area contributed by atoms with Crippen LogP contribution in [-0.2, 0) is 23.8 Å². The molecule has 8 nitrogen and oxygen atoms in total. The minimum Gasteiger partial charge on any atom is -0.463 e. The molecule has 1 aliphatic rings. The van der Waals surface area contributed by atoms with Crippen LogP contribution in [0.15, 0.2) is 0 Å². The van der Waals surface area contributed by atoms with Gasteiger partial charge in [0.2, 0.25) is 0 Å². The van der Waals surface area contributed by atoms with Gasteiger partial charge in [-0.15, -0.1) is 0 Å². The summed E-state index contributed by atoms with van der Waals surface area (Å²) in [5.74, 6) is -0.883. The van der Waals surface area contributed by atoms with Crippen LogP contribution in [0.3, 0.4) is 0 Å². The molecule has 0 saturated carbocycles. The zero-order chi connectivity index (χ0) is 36.5. The molecule has 0 aliphatic carbocycles. The number of aliphatic hydroxyl groups excluding tert-OH is 3. The fourth-order valence-electron chi connectivity index (χ4n) is 6.94. The molecule has 0 aromatic rings. The molecule has 296 valence electrons. The average Bonchev–Trinajstić information content (AvgIpc) is 3.11. The van der Waals surface area contributed by atoms with E-state index >= 15 is 0 Å². The molecule has 0 amide bonds. The number of carbonyl (C=O) groups excluding carboxylic acids is 2. The fourth-order valence-corrected chi connectivity index (χ4v) is 6.94. The van der Waals surface area contributed by atoms with Crippen molar-refractivity contribution in [1.82, 2.24) is 0 Å². The number of rotatable bonds is 35. The van der Waals surface area contributed by atoms with Gasteiger partial charge in [-0.3, -0.25) is 9.59 Å². The van der Waals surface area contributed by atoms with Gasteiger partial charge in [0.25, 0.3) is 0 Å². The number of esters is 2. The SMILES string of the molecule is CCCCCCCCCCCCCCCCCC(=O)OC[C@H]1O[C@@H](O)[C@H](O)[C@@H](O)[C@@H]1OC(=O)CCCCCCCCCCCCCCCCC. The van der Waals surface area contributed by atoms with Crippen LogP contribution in [0.1, 0.15) is 219 Å². The lowest BCUT2D eigenvalue weighted by Crippen LogP contribution is -2.60. The van der Waals surface area contributed by atoms with E-state index in [0.29, 0.717) is 6.42 Å². The molecule has 1 aliphatic heterocycles. The topological polar surface area (TPSA) is 123 Å². The highest BCUT2D eigenvalue weighted by Crippen LogP contribution is 2.24. The van der Waals surface area contributed by atoms with Crippen molar-refractivity contribution in [2.75, 3.05) is 6.61 Å². The van der Waals surface area contributed by atoms with Gasteiger partial charge >= 0.3 is 11.9 Å². The van der Waals surface area contributed by atoms with Gasteiger partial charge in [-0.1, -0.05) is 194 Å². The molecule has 1 heterocycles. The third kappa shape index (κ3) is 25.7. The number of hydrogen-bond acceptors (Lipinski definition) is 8. The van der Waals surface area contributed by atoms with E-state index in [1.807, 2.05) is 0 Å². The molecule has 0 radical (unpaired) electrons. The lowest BCUT2D eigenvalue weighted by atomic mass is 9.99. The largest absolute Gasteiger partial charge is 0.463 e. The maximum atomic E-state index is 12.6. The molecule has 0 aromatic heterocycles. The van der Waals surface area contributed by atoms with Crippen molar-refractivity contribution in [2.45, 2.75) is 250 Å². The van der Waals surface area contributed by atoms with Crippen LogP contribution in [0.25, 0.3) is 0 Å². The van der Waals surface area contributed by atoms with Gasteiger partial charge in [0.15, 0.2) is 12.4 Å². The summed E-state index contributed by atoms with van der Waals surface area (Å²) < 4.78 is 16.3. The Balaban J connectivity index is 2.12. The van der Waals surface area contributed by atoms with Gasteiger partial charge in [-0.25, -0.2) is 0 Å². The third-order valence-electron chi connectivity index (χ3n) is 10.3. The predicted octanol–water partition coefficient (Wildman–Crippen LogP) is 10.4. The van der Waals surface area contributed by atoms with Crippen molar-refractivity contribution in [3.8, 4) is 0 Å². The molecule has 8 heteroatoms. The van der Waals surface area contributed by atoms with E-state index in [2.05, 4.69) is 13.8 Å². The van der Waals surface area contributed by atoms with Crippen molar-refractivity contribution >= 4 is 11.9 Å². The quantitative estimate of drug-likeness (QED) is 0.0438. The lowest BCUT2D eigenvalue weighted by Gasteiger charge is -2.39. The Bertz CT molecular complexity index is 777. The van der Waals surface area contributed by atoms with Gasteiger partial charge in [-0.05, 0) is 12.8 Å². The number of carbonyl (C=O) groups is 2. The van der Waals surface area contributed by atoms with Crippen LogP contribution in [-0.4, -0.2) is 64.6 Å². The Labute approximate surface area is 307 Å². The highest BCUT2D eigenvalue weighted by Gasteiger charge is 2.46. The van der Waals surface area contributed by atoms with Gasteiger partial charge in [0.1, 0.15) is 24.9 Å². The second kappa shape index (κ2) is 33.6. The minimum atomic E-state index is -1.66. The van der Waals surface area contributed by atoms with Crippen LogP contribution in [0, 0.1) is 0 Å². The smallest absolute Gasteiger partial charge is 0.306 e. The summed E-state index contributed by atoms with van der Waals surface area (Å²) in [6.07, 6.45) is 30.7. The third-order valence-corrected chi connectivity index (χ3v) is 10.3. The first kappa shape index (κ1) is 46.8. The monoisotopic (exact) mass is 713 g/mol. The number of hydrogen-bond donors (Lipinski definition) is 3. The standard InChI is InChI=1S/C42H80O8/c1-3-5-7-9-11-13-15-17-19-21-23-25-27-29-31-33-37(43)48-35-36-41(39(45)40(46)42(47)49-36)50-38(44)34-32-30-28-26-24-22-20-18-16-14-12-10-8-6-4-2/h36,39-42,45-47H,3-35H2,1-2H3/t36-,39-,40-,41-,42-/m1/s1. The van der Waals surface area contributed by atoms with Crippen LogP contribution in [0.2, 0.25) is 0 Å². The van der Waals surface area contributed by atoms with Crippen molar-refractivity contribution in [2.24, 2.45) is 0 Å². The Morgan fingerprint density at radius 1 is 0.460 bits per heavy atom. The van der Waals surface area contributed by atoms with E-state index in [1.54, 1.807) is 0 Å². The van der Waals surface area contributed by atoms with E-state index in [0.717, 1.165) is 38.5 Å². The normalized spacial score (nSPS) is 20.6. The molecule has 0 aromatic carbocycles. The molecule has 1 fully saturated rings. The summed E-state index contributed by atoms with van der Waals surface area (Å²) in [6, 6.07) is 0. The number of unbranched alkanes of at least 4 members (excludes halogenated alkanes) is 28. The molecule has 50 heavy (non-hydrogen) atoms. The Morgan fingerprint density at radius 2 is 0.780 bits per heavy atom. The Morgan fingerprint density at radius 3 is 1.14 bits per heavy atom. The minimum absolute atomic E-state index is 0.200. The maximum absolute atomic E-state index is 12.6. The van der Waals surface area contributed by atoms with Crippen molar-refractivity contribution in [3.63, 3.8) is 0 Å². The van der Waals surface area contributed by atoms with Crippen molar-refractivity contribution in [1.29, 1.82) is 0 Å².